The van der Waals surface area contributed by atoms with E-state index in [4.69, 9.17) is 0 Å². The average molecular weight is 226 g/mol. The first-order valence-corrected chi connectivity index (χ1v) is 6.83. The van der Waals surface area contributed by atoms with Crippen molar-refractivity contribution in [1.82, 2.24) is 10.3 Å². The number of hydrogen-bond acceptors (Lipinski definition) is 3. The molecule has 1 aromatic heterocycles. The Labute approximate surface area is 93.8 Å². The van der Waals surface area contributed by atoms with Crippen molar-refractivity contribution in [1.29, 1.82) is 0 Å². The highest BCUT2D eigenvalue weighted by Crippen LogP contribution is 1.98. The largest absolute Gasteiger partial charge is 0.310 e. The van der Waals surface area contributed by atoms with Gasteiger partial charge in [-0.05, 0) is 25.0 Å². The third kappa shape index (κ3) is 5.64. The highest BCUT2D eigenvalue weighted by atomic mass is 32.2. The van der Waals surface area contributed by atoms with Crippen molar-refractivity contribution in [3.05, 3.63) is 30.1 Å². The molecule has 2 atom stereocenters. The monoisotopic (exact) mass is 226 g/mol. The molecule has 15 heavy (non-hydrogen) atoms. The first-order valence-electron chi connectivity index (χ1n) is 5.11. The van der Waals surface area contributed by atoms with Crippen LogP contribution in [-0.2, 0) is 17.3 Å². The number of nitrogens with zero attached hydrogens (tertiary/aromatic N) is 1. The van der Waals surface area contributed by atoms with E-state index < -0.39 is 10.8 Å². The fourth-order valence-corrected chi connectivity index (χ4v) is 1.93. The van der Waals surface area contributed by atoms with Gasteiger partial charge in [-0.2, -0.15) is 0 Å². The zero-order valence-electron chi connectivity index (χ0n) is 9.27. The van der Waals surface area contributed by atoms with Gasteiger partial charge < -0.3 is 5.32 Å². The molecule has 0 saturated carbocycles. The summed E-state index contributed by atoms with van der Waals surface area (Å²) in [7, 11) is -0.687. The number of rotatable bonds is 6. The summed E-state index contributed by atoms with van der Waals surface area (Å²) in [6.07, 6.45) is 6.32. The average Bonchev–Trinajstić information content (AvgIpc) is 2.25. The molecule has 4 heteroatoms. The van der Waals surface area contributed by atoms with E-state index in [0.29, 0.717) is 6.04 Å². The van der Waals surface area contributed by atoms with Crippen molar-refractivity contribution in [2.24, 2.45) is 0 Å². The van der Waals surface area contributed by atoms with Gasteiger partial charge in [-0.15, -0.1) is 0 Å². The van der Waals surface area contributed by atoms with Crippen molar-refractivity contribution >= 4 is 10.8 Å². The maximum Gasteiger partial charge on any atom is 0.0312 e. The lowest BCUT2D eigenvalue weighted by Gasteiger charge is -2.12. The third-order valence-electron chi connectivity index (χ3n) is 2.22. The van der Waals surface area contributed by atoms with E-state index in [9.17, 15) is 4.21 Å². The van der Waals surface area contributed by atoms with E-state index in [1.165, 1.54) is 5.56 Å². The summed E-state index contributed by atoms with van der Waals surface area (Å²) < 4.78 is 10.9. The van der Waals surface area contributed by atoms with Crippen LogP contribution in [0.5, 0.6) is 0 Å². The minimum Gasteiger partial charge on any atom is -0.310 e. The molecule has 1 heterocycles. The predicted octanol–water partition coefficient (Wildman–Crippen LogP) is 1.33. The van der Waals surface area contributed by atoms with E-state index in [1.54, 1.807) is 12.5 Å². The lowest BCUT2D eigenvalue weighted by Crippen LogP contribution is -2.26. The molecule has 0 aliphatic heterocycles. The van der Waals surface area contributed by atoms with Crippen LogP contribution in [0, 0.1) is 0 Å². The van der Waals surface area contributed by atoms with Gasteiger partial charge in [-0.25, -0.2) is 0 Å². The Hall–Kier alpha value is -0.740. The van der Waals surface area contributed by atoms with E-state index in [1.807, 2.05) is 18.3 Å². The van der Waals surface area contributed by atoms with E-state index >= 15 is 0 Å². The Morgan fingerprint density at radius 2 is 2.40 bits per heavy atom. The zero-order chi connectivity index (χ0) is 11.1. The molecule has 0 radical (unpaired) electrons. The zero-order valence-corrected chi connectivity index (χ0v) is 10.1. The van der Waals surface area contributed by atoms with Gasteiger partial charge in [0.05, 0.1) is 0 Å². The summed E-state index contributed by atoms with van der Waals surface area (Å²) in [6, 6.07) is 4.38. The highest BCUT2D eigenvalue weighted by Gasteiger charge is 2.02. The molecule has 0 saturated heterocycles. The van der Waals surface area contributed by atoms with Crippen molar-refractivity contribution < 1.29 is 4.21 Å². The molecule has 0 spiro atoms. The molecule has 0 aliphatic rings. The van der Waals surface area contributed by atoms with Crippen LogP contribution in [-0.4, -0.2) is 27.2 Å². The Balaban J connectivity index is 2.22. The van der Waals surface area contributed by atoms with Crippen molar-refractivity contribution in [3.8, 4) is 0 Å². The molecule has 2 unspecified atom stereocenters. The second-order valence-electron chi connectivity index (χ2n) is 3.71. The van der Waals surface area contributed by atoms with Crippen molar-refractivity contribution in [2.75, 3.05) is 12.0 Å². The molecule has 0 aliphatic carbocycles. The standard InChI is InChI=1S/C11H18N2OS/c1-10(5-7-15(2)14)13-9-11-4-3-6-12-8-11/h3-4,6,8,10,13H,5,7,9H2,1-2H3. The number of nitrogens with one attached hydrogen (secondary N) is 1. The second kappa shape index (κ2) is 6.69. The Bertz CT molecular complexity index is 303. The second-order valence-corrected chi connectivity index (χ2v) is 5.26. The lowest BCUT2D eigenvalue weighted by atomic mass is 10.2. The molecule has 1 aromatic rings. The summed E-state index contributed by atoms with van der Waals surface area (Å²) in [5, 5.41) is 3.38. The van der Waals surface area contributed by atoms with Gasteiger partial charge in [-0.1, -0.05) is 6.07 Å². The van der Waals surface area contributed by atoms with Crippen LogP contribution < -0.4 is 5.32 Å². The van der Waals surface area contributed by atoms with Gasteiger partial charge in [0.1, 0.15) is 0 Å². The summed E-state index contributed by atoms with van der Waals surface area (Å²) >= 11 is 0. The number of hydrogen-bond donors (Lipinski definition) is 1. The Morgan fingerprint density at radius 1 is 1.60 bits per heavy atom. The molecule has 0 amide bonds. The van der Waals surface area contributed by atoms with Crippen LogP contribution in [0.2, 0.25) is 0 Å². The lowest BCUT2D eigenvalue weighted by molar-refractivity contribution is 0.534. The van der Waals surface area contributed by atoms with Gasteiger partial charge in [0.15, 0.2) is 0 Å². The molecule has 0 fully saturated rings. The van der Waals surface area contributed by atoms with Crippen LogP contribution >= 0.6 is 0 Å². The number of pyridine rings is 1. The van der Waals surface area contributed by atoms with Crippen LogP contribution in [0.4, 0.5) is 0 Å². The molecular weight excluding hydrogens is 208 g/mol. The predicted molar refractivity (Wildman–Crippen MR) is 64.1 cm³/mol. The minimum atomic E-state index is -0.687. The quantitative estimate of drug-likeness (QED) is 0.795. The third-order valence-corrected chi connectivity index (χ3v) is 3.03. The summed E-state index contributed by atoms with van der Waals surface area (Å²) in [6.45, 7) is 2.94. The minimum absolute atomic E-state index is 0.397. The maximum absolute atomic E-state index is 10.9. The van der Waals surface area contributed by atoms with Gasteiger partial charge in [0.25, 0.3) is 0 Å². The Kier molecular flexibility index (Phi) is 5.50. The number of aromatic nitrogens is 1. The topological polar surface area (TPSA) is 42.0 Å². The molecular formula is C11H18N2OS. The fraction of sp³-hybridized carbons (Fsp3) is 0.545. The van der Waals surface area contributed by atoms with Crippen LogP contribution in [0.1, 0.15) is 18.9 Å². The first-order chi connectivity index (χ1) is 7.18. The van der Waals surface area contributed by atoms with E-state index in [2.05, 4.69) is 17.2 Å². The summed E-state index contributed by atoms with van der Waals surface area (Å²) in [4.78, 5) is 4.05. The van der Waals surface area contributed by atoms with E-state index in [-0.39, 0.29) is 0 Å². The maximum atomic E-state index is 10.9. The molecule has 3 nitrogen and oxygen atoms in total. The molecule has 1 N–H and O–H groups in total. The van der Waals surface area contributed by atoms with Crippen molar-refractivity contribution in [2.45, 2.75) is 25.9 Å². The van der Waals surface area contributed by atoms with Gasteiger partial charge in [0.2, 0.25) is 0 Å². The fourth-order valence-electron chi connectivity index (χ4n) is 1.24. The highest BCUT2D eigenvalue weighted by molar-refractivity contribution is 7.84. The normalized spacial score (nSPS) is 14.8. The van der Waals surface area contributed by atoms with Gasteiger partial charge >= 0.3 is 0 Å². The summed E-state index contributed by atoms with van der Waals surface area (Å²) in [5.74, 6) is 0.765. The van der Waals surface area contributed by atoms with Crippen molar-refractivity contribution in [3.63, 3.8) is 0 Å². The Morgan fingerprint density at radius 3 is 3.00 bits per heavy atom. The molecule has 0 bridgehead atoms. The van der Waals surface area contributed by atoms with Crippen LogP contribution in [0.15, 0.2) is 24.5 Å². The van der Waals surface area contributed by atoms with Crippen LogP contribution in [0.25, 0.3) is 0 Å². The van der Waals surface area contributed by atoms with Crippen LogP contribution in [0.3, 0.4) is 0 Å². The van der Waals surface area contributed by atoms with E-state index in [0.717, 1.165) is 18.7 Å². The molecule has 84 valence electrons. The van der Waals surface area contributed by atoms with Gasteiger partial charge in [-0.3, -0.25) is 9.19 Å². The molecule has 1 rings (SSSR count). The smallest absolute Gasteiger partial charge is 0.0312 e. The van der Waals surface area contributed by atoms with Gasteiger partial charge in [0, 0.05) is 47.8 Å². The first kappa shape index (κ1) is 12.3. The molecule has 0 aromatic carbocycles. The summed E-state index contributed by atoms with van der Waals surface area (Å²) in [5.41, 5.74) is 1.18. The SMILES string of the molecule is CC(CCS(C)=O)NCc1cccnc1.